The Hall–Kier alpha value is -0.360. The number of halogens is 2. The van der Waals surface area contributed by atoms with Gasteiger partial charge < -0.3 is 5.32 Å². The number of aromatic nitrogens is 1. The van der Waals surface area contributed by atoms with E-state index in [4.69, 9.17) is 23.2 Å². The van der Waals surface area contributed by atoms with Crippen molar-refractivity contribution in [1.29, 1.82) is 0 Å². The minimum Gasteiger partial charge on any atom is -0.301 e. The van der Waals surface area contributed by atoms with Crippen LogP contribution in [0.25, 0.3) is 0 Å². The number of rotatable bonds is 4. The molecule has 122 valence electrons. The number of thiazole rings is 1. The molecule has 22 heavy (non-hydrogen) atoms. The van der Waals surface area contributed by atoms with Gasteiger partial charge in [-0.1, -0.05) is 6.92 Å². The molecule has 2 heterocycles. The van der Waals surface area contributed by atoms with Crippen molar-refractivity contribution in [2.75, 3.05) is 18.4 Å². The summed E-state index contributed by atoms with van der Waals surface area (Å²) in [7, 11) is 0. The van der Waals surface area contributed by atoms with Crippen molar-refractivity contribution in [3.05, 3.63) is 11.1 Å². The van der Waals surface area contributed by atoms with Gasteiger partial charge in [-0.3, -0.25) is 9.69 Å². The molecule has 1 amide bonds. The Morgan fingerprint density at radius 2 is 2.32 bits per heavy atom. The number of alkyl halides is 2. The zero-order valence-corrected chi connectivity index (χ0v) is 15.2. The van der Waals surface area contributed by atoms with E-state index in [0.29, 0.717) is 11.6 Å². The summed E-state index contributed by atoms with van der Waals surface area (Å²) in [5, 5.41) is 5.49. The highest BCUT2D eigenvalue weighted by Crippen LogP contribution is 2.64. The molecule has 2 unspecified atom stereocenters. The molecular formula is C15H21Cl2N3OS. The molecular weight excluding hydrogens is 341 g/mol. The molecule has 3 rings (SSSR count). The Labute approximate surface area is 145 Å². The van der Waals surface area contributed by atoms with E-state index in [0.717, 1.165) is 31.2 Å². The Balaban J connectivity index is 1.56. The highest BCUT2D eigenvalue weighted by molar-refractivity contribution is 7.13. The average molecular weight is 362 g/mol. The molecule has 2 atom stereocenters. The number of hydrogen-bond donors (Lipinski definition) is 1. The fourth-order valence-corrected chi connectivity index (χ4v) is 4.38. The predicted molar refractivity (Wildman–Crippen MR) is 91.6 cm³/mol. The first-order valence-corrected chi connectivity index (χ1v) is 9.30. The van der Waals surface area contributed by atoms with Crippen LogP contribution < -0.4 is 5.32 Å². The van der Waals surface area contributed by atoms with E-state index in [-0.39, 0.29) is 5.91 Å². The normalized spacial score (nSPS) is 31.0. The highest BCUT2D eigenvalue weighted by atomic mass is 35.5. The van der Waals surface area contributed by atoms with Crippen LogP contribution in [0.2, 0.25) is 0 Å². The van der Waals surface area contributed by atoms with Gasteiger partial charge >= 0.3 is 0 Å². The lowest BCUT2D eigenvalue weighted by atomic mass is 10.0. The van der Waals surface area contributed by atoms with Gasteiger partial charge in [-0.25, -0.2) is 4.98 Å². The lowest BCUT2D eigenvalue weighted by Gasteiger charge is -2.30. The van der Waals surface area contributed by atoms with E-state index in [1.807, 2.05) is 5.38 Å². The fourth-order valence-electron chi connectivity index (χ4n) is 2.98. The topological polar surface area (TPSA) is 45.2 Å². The number of nitrogens with one attached hydrogen (secondary N) is 1. The molecule has 0 aromatic carbocycles. The maximum Gasteiger partial charge on any atom is 0.235 e. The van der Waals surface area contributed by atoms with Crippen LogP contribution in [0.15, 0.2) is 5.38 Å². The van der Waals surface area contributed by atoms with Gasteiger partial charge in [-0.15, -0.1) is 34.5 Å². The number of carbonyl (C=O) groups excluding carboxylic acids is 1. The van der Waals surface area contributed by atoms with E-state index >= 15 is 0 Å². The van der Waals surface area contributed by atoms with E-state index in [1.54, 1.807) is 6.92 Å². The summed E-state index contributed by atoms with van der Waals surface area (Å²) >= 11 is 13.5. The van der Waals surface area contributed by atoms with Crippen molar-refractivity contribution in [2.24, 2.45) is 11.3 Å². The second-order valence-corrected chi connectivity index (χ2v) is 9.14. The summed E-state index contributed by atoms with van der Waals surface area (Å²) in [6.45, 7) is 7.18. The number of piperidine rings is 1. The van der Waals surface area contributed by atoms with Gasteiger partial charge in [0, 0.05) is 18.5 Å². The lowest BCUT2D eigenvalue weighted by molar-refractivity contribution is -0.120. The molecule has 1 saturated carbocycles. The van der Waals surface area contributed by atoms with Crippen LogP contribution in [0.4, 0.5) is 5.13 Å². The third kappa shape index (κ3) is 3.28. The zero-order chi connectivity index (χ0) is 16.0. The molecule has 1 aliphatic carbocycles. The van der Waals surface area contributed by atoms with Crippen molar-refractivity contribution >= 4 is 45.6 Å². The van der Waals surface area contributed by atoms with Gasteiger partial charge in [0.1, 0.15) is 4.33 Å². The summed E-state index contributed by atoms with van der Waals surface area (Å²) in [5.41, 5.74) is 0.308. The third-order valence-corrected chi connectivity index (χ3v) is 6.57. The molecule has 0 bridgehead atoms. The summed E-state index contributed by atoms with van der Waals surface area (Å²) in [4.78, 5) is 19.2. The van der Waals surface area contributed by atoms with Crippen LogP contribution in [0, 0.1) is 11.3 Å². The minimum atomic E-state index is -0.943. The number of carbonyl (C=O) groups is 1. The van der Waals surface area contributed by atoms with Gasteiger partial charge in [-0.2, -0.15) is 0 Å². The Morgan fingerprint density at radius 1 is 1.59 bits per heavy atom. The monoisotopic (exact) mass is 361 g/mol. The maximum absolute atomic E-state index is 12.2. The summed E-state index contributed by atoms with van der Waals surface area (Å²) in [6.07, 6.45) is 3.05. The number of nitrogens with zero attached hydrogens (tertiary/aromatic N) is 2. The quantitative estimate of drug-likeness (QED) is 0.827. The van der Waals surface area contributed by atoms with Crippen LogP contribution in [-0.2, 0) is 11.3 Å². The standard InChI is InChI=1S/C15H21Cl2N3OS/c1-10-4-3-5-20(6-10)7-11-8-22-13(18-11)19-12(21)14(2)9-15(14,16)17/h8,10H,3-7,9H2,1-2H3,(H,18,19,21). The first-order valence-electron chi connectivity index (χ1n) is 7.66. The molecule has 4 nitrogen and oxygen atoms in total. The minimum absolute atomic E-state index is 0.148. The smallest absolute Gasteiger partial charge is 0.235 e. The van der Waals surface area contributed by atoms with E-state index in [2.05, 4.69) is 22.1 Å². The van der Waals surface area contributed by atoms with Crippen LogP contribution in [-0.4, -0.2) is 33.2 Å². The van der Waals surface area contributed by atoms with Gasteiger partial charge in [0.15, 0.2) is 5.13 Å². The van der Waals surface area contributed by atoms with Gasteiger partial charge in [0.25, 0.3) is 0 Å². The van der Waals surface area contributed by atoms with Crippen molar-refractivity contribution in [1.82, 2.24) is 9.88 Å². The molecule has 2 fully saturated rings. The van der Waals surface area contributed by atoms with Crippen LogP contribution in [0.3, 0.4) is 0 Å². The maximum atomic E-state index is 12.2. The number of amides is 1. The average Bonchev–Trinajstić information content (AvgIpc) is 2.77. The molecule has 0 radical (unpaired) electrons. The zero-order valence-electron chi connectivity index (χ0n) is 12.9. The number of hydrogen-bond acceptors (Lipinski definition) is 4. The van der Waals surface area contributed by atoms with E-state index < -0.39 is 9.75 Å². The Kier molecular flexibility index (Phi) is 4.45. The Morgan fingerprint density at radius 3 is 2.95 bits per heavy atom. The Bertz CT molecular complexity index is 577. The van der Waals surface area contributed by atoms with Crippen LogP contribution >= 0.6 is 34.5 Å². The summed E-state index contributed by atoms with van der Waals surface area (Å²) < 4.78 is -0.943. The molecule has 1 aromatic rings. The van der Waals surface area contributed by atoms with Crippen LogP contribution in [0.1, 0.15) is 38.8 Å². The largest absolute Gasteiger partial charge is 0.301 e. The molecule has 1 saturated heterocycles. The highest BCUT2D eigenvalue weighted by Gasteiger charge is 2.68. The first kappa shape index (κ1) is 16.5. The van der Waals surface area contributed by atoms with E-state index in [9.17, 15) is 4.79 Å². The molecule has 1 aromatic heterocycles. The van der Waals surface area contributed by atoms with Crippen molar-refractivity contribution < 1.29 is 4.79 Å². The molecule has 2 aliphatic rings. The molecule has 1 aliphatic heterocycles. The van der Waals surface area contributed by atoms with E-state index in [1.165, 1.54) is 24.2 Å². The summed E-state index contributed by atoms with van der Waals surface area (Å²) in [5.74, 6) is 0.604. The number of anilines is 1. The van der Waals surface area contributed by atoms with Gasteiger partial charge in [0.05, 0.1) is 11.1 Å². The fraction of sp³-hybridized carbons (Fsp3) is 0.733. The van der Waals surface area contributed by atoms with Gasteiger partial charge in [-0.05, 0) is 38.6 Å². The molecule has 0 spiro atoms. The summed E-state index contributed by atoms with van der Waals surface area (Å²) in [6, 6.07) is 0. The van der Waals surface area contributed by atoms with Crippen molar-refractivity contribution in [3.8, 4) is 0 Å². The van der Waals surface area contributed by atoms with Gasteiger partial charge in [0.2, 0.25) is 5.91 Å². The predicted octanol–water partition coefficient (Wildman–Crippen LogP) is 3.90. The molecule has 7 heteroatoms. The number of likely N-dealkylation sites (tertiary alicyclic amines) is 1. The second-order valence-electron chi connectivity index (χ2n) is 6.79. The lowest BCUT2D eigenvalue weighted by Crippen LogP contribution is -2.33. The second kappa shape index (κ2) is 5.93. The van der Waals surface area contributed by atoms with Crippen LogP contribution in [0.5, 0.6) is 0 Å². The van der Waals surface area contributed by atoms with Crippen molar-refractivity contribution in [3.63, 3.8) is 0 Å². The molecule has 1 N–H and O–H groups in total. The van der Waals surface area contributed by atoms with Crippen molar-refractivity contribution in [2.45, 2.75) is 44.0 Å². The first-order chi connectivity index (χ1) is 10.3. The SMILES string of the molecule is CC1CCCN(Cc2csc(NC(=O)C3(C)CC3(Cl)Cl)n2)C1. The third-order valence-electron chi connectivity index (χ3n) is 4.66.